The maximum Gasteiger partial charge on any atom is 0.0158 e. The van der Waals surface area contributed by atoms with E-state index in [1.54, 1.807) is 0 Å². The summed E-state index contributed by atoms with van der Waals surface area (Å²) in [6.45, 7) is 27.4. The van der Waals surface area contributed by atoms with E-state index in [1.165, 1.54) is 102 Å². The van der Waals surface area contributed by atoms with Crippen molar-refractivity contribution in [2.24, 2.45) is 10.8 Å². The van der Waals surface area contributed by atoms with Crippen LogP contribution in [0, 0.1) is 10.8 Å². The first kappa shape index (κ1) is 51.0. The fraction of sp³-hybridized carbons (Fsp3) is 0.429. The fourth-order valence-electron chi connectivity index (χ4n) is 9.06. The zero-order valence-corrected chi connectivity index (χ0v) is 41.7. The molecule has 0 saturated heterocycles. The van der Waals surface area contributed by atoms with Crippen LogP contribution < -0.4 is 0 Å². The van der Waals surface area contributed by atoms with E-state index in [9.17, 15) is 0 Å². The number of hydrogen-bond acceptors (Lipinski definition) is 0. The summed E-state index contributed by atoms with van der Waals surface area (Å²) in [7, 11) is 0. The Labute approximate surface area is 387 Å². The molecule has 0 heterocycles. The molecule has 0 aliphatic heterocycles. The van der Waals surface area contributed by atoms with Crippen molar-refractivity contribution in [3.8, 4) is 11.1 Å². The second kappa shape index (κ2) is 24.4. The Hall–Kier alpha value is -4.68. The van der Waals surface area contributed by atoms with E-state index in [0.29, 0.717) is 22.7 Å². The molecule has 0 nitrogen and oxygen atoms in total. The molecule has 3 aliphatic rings. The number of hydrogen-bond donors (Lipinski definition) is 0. The lowest BCUT2D eigenvalue weighted by Crippen LogP contribution is -2.18. The summed E-state index contributed by atoms with van der Waals surface area (Å²) in [5, 5.41) is 0. The van der Waals surface area contributed by atoms with Gasteiger partial charge in [-0.25, -0.2) is 0 Å². The highest BCUT2D eigenvalue weighted by atomic mass is 14.4. The van der Waals surface area contributed by atoms with Crippen molar-refractivity contribution in [3.05, 3.63) is 203 Å². The third-order valence-electron chi connectivity index (χ3n) is 13.6. The average molecular weight is 841 g/mol. The van der Waals surface area contributed by atoms with E-state index in [0.717, 1.165) is 0 Å². The van der Waals surface area contributed by atoms with Crippen LogP contribution in [0.25, 0.3) is 11.1 Å². The van der Waals surface area contributed by atoms with Gasteiger partial charge in [-0.05, 0) is 92.9 Å². The van der Waals surface area contributed by atoms with Gasteiger partial charge in [-0.2, -0.15) is 0 Å². The van der Waals surface area contributed by atoms with Crippen molar-refractivity contribution in [3.63, 3.8) is 0 Å². The molecule has 0 N–H and O–H groups in total. The van der Waals surface area contributed by atoms with E-state index in [2.05, 4.69) is 241 Å². The molecule has 336 valence electrons. The van der Waals surface area contributed by atoms with Crippen molar-refractivity contribution in [1.29, 1.82) is 0 Å². The summed E-state index contributed by atoms with van der Waals surface area (Å²) in [5.41, 5.74) is 12.9. The first-order chi connectivity index (χ1) is 29.9. The molecule has 2 saturated carbocycles. The van der Waals surface area contributed by atoms with Crippen molar-refractivity contribution in [1.82, 2.24) is 0 Å². The molecule has 0 heteroatoms. The molecule has 0 bridgehead atoms. The molecule has 0 aromatic heterocycles. The zero-order valence-electron chi connectivity index (χ0n) is 41.7. The number of benzene rings is 6. The van der Waals surface area contributed by atoms with Crippen LogP contribution in [0.15, 0.2) is 170 Å². The molecule has 0 amide bonds. The molecule has 3 aliphatic carbocycles. The predicted octanol–water partition coefficient (Wildman–Crippen LogP) is 19.2. The van der Waals surface area contributed by atoms with E-state index in [1.807, 2.05) is 12.1 Å². The average Bonchev–Trinajstić information content (AvgIpc) is 3.81. The predicted molar refractivity (Wildman–Crippen MR) is 279 cm³/mol. The summed E-state index contributed by atoms with van der Waals surface area (Å²) >= 11 is 0. The van der Waals surface area contributed by atoms with Gasteiger partial charge in [0, 0.05) is 10.8 Å². The zero-order chi connectivity index (χ0) is 45.9. The number of rotatable bonds is 4. The first-order valence-corrected chi connectivity index (χ1v) is 24.3. The maximum absolute atomic E-state index is 2.38. The summed E-state index contributed by atoms with van der Waals surface area (Å²) in [6, 6.07) is 59.7. The van der Waals surface area contributed by atoms with Crippen LogP contribution in [0.5, 0.6) is 0 Å². The SMILES string of the molecule is CC(C)(c1ccccc1)c1ccccc1.CC(C)c1ccccc1.CC(C)c1ccccc1.CC1(C)CCCC1.CC1(C)CCCCC1.CC1(C)c2ccccc2-c2ccccc21. The van der Waals surface area contributed by atoms with Crippen LogP contribution in [0.4, 0.5) is 0 Å². The third kappa shape index (κ3) is 16.1. The normalized spacial score (nSPS) is 16.0. The van der Waals surface area contributed by atoms with Gasteiger partial charge in [0.15, 0.2) is 0 Å². The lowest BCUT2D eigenvalue weighted by molar-refractivity contribution is 0.244. The van der Waals surface area contributed by atoms with Crippen LogP contribution in [0.1, 0.15) is 186 Å². The second-order valence-corrected chi connectivity index (χ2v) is 21.3. The summed E-state index contributed by atoms with van der Waals surface area (Å²) in [6.07, 6.45) is 13.1. The summed E-state index contributed by atoms with van der Waals surface area (Å²) in [5.74, 6) is 1.32. The maximum atomic E-state index is 2.38. The topological polar surface area (TPSA) is 0 Å². The molecule has 0 radical (unpaired) electrons. The van der Waals surface area contributed by atoms with Gasteiger partial charge in [0.25, 0.3) is 0 Å². The van der Waals surface area contributed by atoms with Crippen molar-refractivity contribution in [2.45, 2.75) is 164 Å². The molecule has 9 rings (SSSR count). The van der Waals surface area contributed by atoms with Crippen molar-refractivity contribution < 1.29 is 0 Å². The van der Waals surface area contributed by atoms with Gasteiger partial charge >= 0.3 is 0 Å². The Bertz CT molecular complexity index is 1980. The molecule has 63 heavy (non-hydrogen) atoms. The van der Waals surface area contributed by atoms with Crippen LogP contribution in [-0.4, -0.2) is 0 Å². The van der Waals surface area contributed by atoms with Gasteiger partial charge in [0.05, 0.1) is 0 Å². The Kier molecular flexibility index (Phi) is 19.7. The van der Waals surface area contributed by atoms with Gasteiger partial charge in [-0.3, -0.25) is 0 Å². The summed E-state index contributed by atoms with van der Waals surface area (Å²) < 4.78 is 0. The van der Waals surface area contributed by atoms with Crippen LogP contribution in [-0.2, 0) is 10.8 Å². The smallest absolute Gasteiger partial charge is 0.0158 e. The molecule has 0 unspecified atom stereocenters. The van der Waals surface area contributed by atoms with Gasteiger partial charge in [-0.15, -0.1) is 0 Å². The van der Waals surface area contributed by atoms with Gasteiger partial charge in [0.1, 0.15) is 0 Å². The fourth-order valence-corrected chi connectivity index (χ4v) is 9.06. The lowest BCUT2D eigenvalue weighted by Gasteiger charge is -2.28. The van der Waals surface area contributed by atoms with Gasteiger partial charge in [-0.1, -0.05) is 285 Å². The van der Waals surface area contributed by atoms with E-state index in [4.69, 9.17) is 0 Å². The molecule has 2 fully saturated rings. The summed E-state index contributed by atoms with van der Waals surface area (Å²) in [4.78, 5) is 0. The highest BCUT2D eigenvalue weighted by molar-refractivity contribution is 5.80. The van der Waals surface area contributed by atoms with Crippen molar-refractivity contribution >= 4 is 0 Å². The standard InChI is InChI=1S/C15H14.C15H16.2C9H12.C8H16.C7H14/c1-15(2)13-9-5-3-7-11(13)12-8-4-6-10-14(12)15;1-15(2,13-9-5-3-6-10-13)14-11-7-4-8-12-14;2*1-8(2)9-6-4-3-5-7-9;1-8(2)6-4-3-5-7-8;1-7(2)5-3-4-6-7/h3-10H,1-2H3;3-12H,1-2H3;2*3-8H,1-2H3;3-7H2,1-2H3;3-6H2,1-2H3. The van der Waals surface area contributed by atoms with E-state index < -0.39 is 0 Å². The minimum absolute atomic E-state index is 0.0858. The Morgan fingerprint density at radius 2 is 0.619 bits per heavy atom. The van der Waals surface area contributed by atoms with Crippen LogP contribution in [0.2, 0.25) is 0 Å². The second-order valence-electron chi connectivity index (χ2n) is 21.3. The minimum Gasteiger partial charge on any atom is -0.0622 e. The number of fused-ring (bicyclic) bond motifs is 3. The highest BCUT2D eigenvalue weighted by Crippen LogP contribution is 2.48. The van der Waals surface area contributed by atoms with E-state index in [-0.39, 0.29) is 10.8 Å². The molecule has 0 atom stereocenters. The molecular weight excluding hydrogens is 757 g/mol. The van der Waals surface area contributed by atoms with Crippen LogP contribution >= 0.6 is 0 Å². The van der Waals surface area contributed by atoms with Gasteiger partial charge in [0.2, 0.25) is 0 Å². The quantitative estimate of drug-likeness (QED) is 0.166. The Morgan fingerprint density at radius 3 is 0.873 bits per heavy atom. The first-order valence-electron chi connectivity index (χ1n) is 24.3. The highest BCUT2D eigenvalue weighted by Gasteiger charge is 2.34. The minimum atomic E-state index is 0.0858. The largest absolute Gasteiger partial charge is 0.0622 e. The molecule has 6 aromatic carbocycles. The molecule has 0 spiro atoms. The molecular formula is C63H84. The monoisotopic (exact) mass is 841 g/mol. The molecule has 6 aromatic rings. The lowest BCUT2D eigenvalue weighted by atomic mass is 9.78. The Morgan fingerprint density at radius 1 is 0.349 bits per heavy atom. The van der Waals surface area contributed by atoms with Crippen molar-refractivity contribution in [2.75, 3.05) is 0 Å². The third-order valence-corrected chi connectivity index (χ3v) is 13.6. The van der Waals surface area contributed by atoms with E-state index >= 15 is 0 Å². The van der Waals surface area contributed by atoms with Crippen LogP contribution in [0.3, 0.4) is 0 Å². The Balaban J connectivity index is 0.000000170. The van der Waals surface area contributed by atoms with Gasteiger partial charge < -0.3 is 0 Å².